The van der Waals surface area contributed by atoms with Gasteiger partial charge in [0.1, 0.15) is 5.75 Å². The molecule has 5 nitrogen and oxygen atoms in total. The third kappa shape index (κ3) is 3.29. The van der Waals surface area contributed by atoms with E-state index in [9.17, 15) is 14.7 Å². The van der Waals surface area contributed by atoms with Crippen molar-refractivity contribution in [2.75, 3.05) is 18.4 Å². The van der Waals surface area contributed by atoms with E-state index >= 15 is 0 Å². The molecule has 0 saturated carbocycles. The number of amides is 2. The smallest absolute Gasteiger partial charge is 0.227 e. The van der Waals surface area contributed by atoms with Crippen molar-refractivity contribution >= 4 is 17.5 Å². The molecule has 5 heteroatoms. The number of anilines is 1. The standard InChI is InChI=1S/C15H20N2O3/c1-10-3-4-13(14(19)9-10)16-15(20)12-5-7-17(8-6-12)11(2)18/h3-4,9,12,19H,5-8H2,1-2H3,(H,16,20). The summed E-state index contributed by atoms with van der Waals surface area (Å²) in [6, 6.07) is 5.16. The molecule has 1 aromatic rings. The highest BCUT2D eigenvalue weighted by atomic mass is 16.3. The largest absolute Gasteiger partial charge is 0.506 e. The molecule has 0 aromatic heterocycles. The SMILES string of the molecule is CC(=O)N1CCC(C(=O)Nc2ccc(C)cc2O)CC1. The summed E-state index contributed by atoms with van der Waals surface area (Å²) in [5.41, 5.74) is 1.38. The zero-order chi connectivity index (χ0) is 14.7. The number of nitrogens with zero attached hydrogens (tertiary/aromatic N) is 1. The van der Waals surface area contributed by atoms with Crippen LogP contribution in [0.5, 0.6) is 5.75 Å². The van der Waals surface area contributed by atoms with Gasteiger partial charge in [-0.05, 0) is 37.5 Å². The highest BCUT2D eigenvalue weighted by molar-refractivity contribution is 5.94. The fourth-order valence-electron chi connectivity index (χ4n) is 2.44. The lowest BCUT2D eigenvalue weighted by Crippen LogP contribution is -2.40. The van der Waals surface area contributed by atoms with Crippen molar-refractivity contribution in [1.82, 2.24) is 4.90 Å². The van der Waals surface area contributed by atoms with E-state index in [1.54, 1.807) is 24.0 Å². The van der Waals surface area contributed by atoms with Crippen molar-refractivity contribution in [2.24, 2.45) is 5.92 Å². The minimum Gasteiger partial charge on any atom is -0.506 e. The Morgan fingerprint density at radius 1 is 1.30 bits per heavy atom. The Kier molecular flexibility index (Phi) is 4.27. The van der Waals surface area contributed by atoms with E-state index in [-0.39, 0.29) is 23.5 Å². The van der Waals surface area contributed by atoms with Gasteiger partial charge in [0, 0.05) is 25.9 Å². The molecule has 0 bridgehead atoms. The maximum Gasteiger partial charge on any atom is 0.227 e. The first-order chi connectivity index (χ1) is 9.47. The molecule has 1 saturated heterocycles. The number of aryl methyl sites for hydroxylation is 1. The molecule has 0 spiro atoms. The van der Waals surface area contributed by atoms with Crippen LogP contribution in [0.4, 0.5) is 5.69 Å². The third-order valence-corrected chi connectivity index (χ3v) is 3.72. The predicted octanol–water partition coefficient (Wildman–Crippen LogP) is 1.90. The van der Waals surface area contributed by atoms with E-state index in [2.05, 4.69) is 5.32 Å². The maximum atomic E-state index is 12.2. The van der Waals surface area contributed by atoms with Gasteiger partial charge in [0.15, 0.2) is 0 Å². The average molecular weight is 276 g/mol. The molecule has 0 aliphatic carbocycles. The molecule has 1 aromatic carbocycles. The molecule has 2 rings (SSSR count). The van der Waals surface area contributed by atoms with Gasteiger partial charge in [-0.25, -0.2) is 0 Å². The van der Waals surface area contributed by atoms with Crippen molar-refractivity contribution < 1.29 is 14.7 Å². The summed E-state index contributed by atoms with van der Waals surface area (Å²) >= 11 is 0. The van der Waals surface area contributed by atoms with Crippen molar-refractivity contribution in [3.8, 4) is 5.75 Å². The second-order valence-corrected chi connectivity index (χ2v) is 5.29. The van der Waals surface area contributed by atoms with Crippen molar-refractivity contribution in [1.29, 1.82) is 0 Å². The molecule has 1 aliphatic heterocycles. The van der Waals surface area contributed by atoms with Crippen LogP contribution in [-0.2, 0) is 9.59 Å². The van der Waals surface area contributed by atoms with E-state index in [1.807, 2.05) is 13.0 Å². The molecular formula is C15H20N2O3. The summed E-state index contributed by atoms with van der Waals surface area (Å²) in [6.45, 7) is 4.66. The minimum absolute atomic E-state index is 0.0556. The second kappa shape index (κ2) is 5.94. The number of aromatic hydroxyl groups is 1. The first kappa shape index (κ1) is 14.4. The molecule has 0 atom stereocenters. The Bertz CT molecular complexity index is 520. The van der Waals surface area contributed by atoms with Crippen molar-refractivity contribution in [2.45, 2.75) is 26.7 Å². The third-order valence-electron chi connectivity index (χ3n) is 3.72. The highest BCUT2D eigenvalue weighted by Crippen LogP contribution is 2.26. The van der Waals surface area contributed by atoms with Crippen LogP contribution < -0.4 is 5.32 Å². The fourth-order valence-corrected chi connectivity index (χ4v) is 2.44. The topological polar surface area (TPSA) is 69.6 Å². The van der Waals surface area contributed by atoms with E-state index in [0.29, 0.717) is 31.6 Å². The molecule has 1 fully saturated rings. The Balaban J connectivity index is 1.94. The number of hydrogen-bond acceptors (Lipinski definition) is 3. The molecule has 1 aliphatic rings. The summed E-state index contributed by atoms with van der Waals surface area (Å²) < 4.78 is 0. The molecule has 108 valence electrons. The van der Waals surface area contributed by atoms with Crippen LogP contribution in [0.1, 0.15) is 25.3 Å². The highest BCUT2D eigenvalue weighted by Gasteiger charge is 2.26. The number of likely N-dealkylation sites (tertiary alicyclic amines) is 1. The first-order valence-corrected chi connectivity index (χ1v) is 6.83. The van der Waals surface area contributed by atoms with Gasteiger partial charge in [-0.15, -0.1) is 0 Å². The fraction of sp³-hybridized carbons (Fsp3) is 0.467. The van der Waals surface area contributed by atoms with Crippen LogP contribution in [-0.4, -0.2) is 34.9 Å². The number of benzene rings is 1. The van der Waals surface area contributed by atoms with E-state index < -0.39 is 0 Å². The number of carbonyl (C=O) groups is 2. The molecule has 0 unspecified atom stereocenters. The van der Waals surface area contributed by atoms with Crippen LogP contribution in [0.2, 0.25) is 0 Å². The van der Waals surface area contributed by atoms with Gasteiger partial charge in [-0.3, -0.25) is 9.59 Å². The lowest BCUT2D eigenvalue weighted by molar-refractivity contribution is -0.132. The average Bonchev–Trinajstić information content (AvgIpc) is 2.42. The zero-order valence-corrected chi connectivity index (χ0v) is 11.8. The zero-order valence-electron chi connectivity index (χ0n) is 11.8. The van der Waals surface area contributed by atoms with Crippen LogP contribution in [0, 0.1) is 12.8 Å². The maximum absolute atomic E-state index is 12.2. The van der Waals surface area contributed by atoms with Gasteiger partial charge in [-0.2, -0.15) is 0 Å². The number of hydrogen-bond donors (Lipinski definition) is 2. The summed E-state index contributed by atoms with van der Waals surface area (Å²) in [5.74, 6) is -0.0572. The number of phenolic OH excluding ortho intramolecular Hbond substituents is 1. The Morgan fingerprint density at radius 3 is 2.50 bits per heavy atom. The number of piperidine rings is 1. The van der Waals surface area contributed by atoms with Crippen molar-refractivity contribution in [3.05, 3.63) is 23.8 Å². The summed E-state index contributed by atoms with van der Waals surface area (Å²) in [6.07, 6.45) is 1.33. The molecular weight excluding hydrogens is 256 g/mol. The molecule has 2 N–H and O–H groups in total. The Hall–Kier alpha value is -2.04. The lowest BCUT2D eigenvalue weighted by atomic mass is 9.95. The normalized spacial score (nSPS) is 16.0. The van der Waals surface area contributed by atoms with Crippen LogP contribution >= 0.6 is 0 Å². The lowest BCUT2D eigenvalue weighted by Gasteiger charge is -2.30. The summed E-state index contributed by atoms with van der Waals surface area (Å²) in [7, 11) is 0. The number of phenols is 1. The van der Waals surface area contributed by atoms with Gasteiger partial charge in [-0.1, -0.05) is 6.07 Å². The van der Waals surface area contributed by atoms with Crippen LogP contribution in [0.3, 0.4) is 0 Å². The number of nitrogens with one attached hydrogen (secondary N) is 1. The monoisotopic (exact) mass is 276 g/mol. The quantitative estimate of drug-likeness (QED) is 0.810. The number of carbonyl (C=O) groups excluding carboxylic acids is 2. The summed E-state index contributed by atoms with van der Waals surface area (Å²) in [5, 5.41) is 12.5. The van der Waals surface area contributed by atoms with Gasteiger partial charge < -0.3 is 15.3 Å². The van der Waals surface area contributed by atoms with Crippen LogP contribution in [0.25, 0.3) is 0 Å². The van der Waals surface area contributed by atoms with E-state index in [0.717, 1.165) is 5.56 Å². The predicted molar refractivity (Wildman–Crippen MR) is 76.5 cm³/mol. The van der Waals surface area contributed by atoms with Gasteiger partial charge in [0.25, 0.3) is 0 Å². The van der Waals surface area contributed by atoms with Gasteiger partial charge >= 0.3 is 0 Å². The number of rotatable bonds is 2. The molecule has 20 heavy (non-hydrogen) atoms. The Labute approximate surface area is 118 Å². The van der Waals surface area contributed by atoms with Gasteiger partial charge in [0.05, 0.1) is 5.69 Å². The summed E-state index contributed by atoms with van der Waals surface area (Å²) in [4.78, 5) is 25.1. The Morgan fingerprint density at radius 2 is 1.95 bits per heavy atom. The molecule has 0 radical (unpaired) electrons. The van der Waals surface area contributed by atoms with Gasteiger partial charge in [0.2, 0.25) is 11.8 Å². The molecule has 1 heterocycles. The minimum atomic E-state index is -0.105. The van der Waals surface area contributed by atoms with E-state index in [4.69, 9.17) is 0 Å². The molecule has 2 amide bonds. The van der Waals surface area contributed by atoms with E-state index in [1.165, 1.54) is 0 Å². The van der Waals surface area contributed by atoms with Crippen LogP contribution in [0.15, 0.2) is 18.2 Å². The van der Waals surface area contributed by atoms with Crippen molar-refractivity contribution in [3.63, 3.8) is 0 Å². The first-order valence-electron chi connectivity index (χ1n) is 6.83. The second-order valence-electron chi connectivity index (χ2n) is 5.29.